The number of aliphatic imine (C=N–C) groups is 1. The van der Waals surface area contributed by atoms with E-state index in [1.807, 2.05) is 0 Å². The van der Waals surface area contributed by atoms with Crippen molar-refractivity contribution in [2.75, 3.05) is 19.7 Å². The van der Waals surface area contributed by atoms with Gasteiger partial charge in [0.15, 0.2) is 5.96 Å². The van der Waals surface area contributed by atoms with Crippen LogP contribution in [0.15, 0.2) is 29.3 Å². The van der Waals surface area contributed by atoms with E-state index in [2.05, 4.69) is 55.7 Å². The Bertz CT molecular complexity index is 573. The van der Waals surface area contributed by atoms with Gasteiger partial charge in [0.05, 0.1) is 19.3 Å². The van der Waals surface area contributed by atoms with E-state index in [9.17, 15) is 5.11 Å². The number of nitrogens with zero attached hydrogens (tertiary/aromatic N) is 1. The molecule has 0 atom stereocenters. The number of hydrogen-bond acceptors (Lipinski definition) is 3. The van der Waals surface area contributed by atoms with Gasteiger partial charge in [0.1, 0.15) is 0 Å². The lowest BCUT2D eigenvalue weighted by Gasteiger charge is -2.37. The summed E-state index contributed by atoms with van der Waals surface area (Å²) in [6.07, 6.45) is 7.36. The van der Waals surface area contributed by atoms with Gasteiger partial charge in [0.2, 0.25) is 0 Å². The summed E-state index contributed by atoms with van der Waals surface area (Å²) >= 11 is 0. The molecule has 0 radical (unpaired) electrons. The fourth-order valence-electron chi connectivity index (χ4n) is 3.84. The second-order valence-electron chi connectivity index (χ2n) is 8.26. The van der Waals surface area contributed by atoms with Crippen molar-refractivity contribution in [1.82, 2.24) is 10.6 Å². The van der Waals surface area contributed by atoms with Gasteiger partial charge >= 0.3 is 0 Å². The van der Waals surface area contributed by atoms with Gasteiger partial charge in [-0.2, -0.15) is 0 Å². The molecule has 1 aliphatic carbocycles. The van der Waals surface area contributed by atoms with Crippen LogP contribution in [0.5, 0.6) is 0 Å². The number of aliphatic hydroxyl groups is 1. The predicted octanol–water partition coefficient (Wildman–Crippen LogP) is 4.00. The molecule has 5 nitrogen and oxygen atoms in total. The third kappa shape index (κ3) is 7.80. The van der Waals surface area contributed by atoms with Gasteiger partial charge in [-0.1, -0.05) is 43.5 Å². The van der Waals surface area contributed by atoms with E-state index >= 15 is 0 Å². The molecule has 2 rings (SSSR count). The number of nitrogens with one attached hydrogen (secondary N) is 2. The van der Waals surface area contributed by atoms with Crippen molar-refractivity contribution in [3.63, 3.8) is 0 Å². The van der Waals surface area contributed by atoms with Crippen molar-refractivity contribution in [3.05, 3.63) is 35.4 Å². The summed E-state index contributed by atoms with van der Waals surface area (Å²) in [5.41, 5.74) is 2.59. The largest absolute Gasteiger partial charge is 0.396 e. The highest BCUT2D eigenvalue weighted by Gasteiger charge is 2.31. The first-order valence-corrected chi connectivity index (χ1v) is 10.9. The van der Waals surface area contributed by atoms with Gasteiger partial charge in [-0.15, -0.1) is 0 Å². The maximum absolute atomic E-state index is 9.51. The Morgan fingerprint density at radius 2 is 1.79 bits per heavy atom. The number of aliphatic hydroxyl groups excluding tert-OH is 1. The van der Waals surface area contributed by atoms with E-state index in [0.717, 1.165) is 25.5 Å². The number of benzene rings is 1. The van der Waals surface area contributed by atoms with Gasteiger partial charge in [-0.05, 0) is 56.6 Å². The third-order valence-electron chi connectivity index (χ3n) is 5.56. The molecule has 0 heterocycles. The number of rotatable bonds is 10. The summed E-state index contributed by atoms with van der Waals surface area (Å²) in [5.74, 6) is 0.859. The molecular formula is C23H39N3O2. The monoisotopic (exact) mass is 389 g/mol. The van der Waals surface area contributed by atoms with E-state index in [1.54, 1.807) is 0 Å². The van der Waals surface area contributed by atoms with E-state index in [4.69, 9.17) is 9.73 Å². The number of hydrogen-bond donors (Lipinski definition) is 3. The molecule has 158 valence electrons. The summed E-state index contributed by atoms with van der Waals surface area (Å²) in [4.78, 5) is 4.76. The molecule has 0 aliphatic heterocycles. The molecule has 0 aromatic heterocycles. The average Bonchev–Trinajstić information content (AvgIpc) is 2.70. The Labute approximate surface area is 171 Å². The third-order valence-corrected chi connectivity index (χ3v) is 5.56. The van der Waals surface area contributed by atoms with Crippen LogP contribution in [0.25, 0.3) is 0 Å². The molecule has 0 amide bonds. The van der Waals surface area contributed by atoms with Gasteiger partial charge < -0.3 is 20.5 Å². The summed E-state index contributed by atoms with van der Waals surface area (Å²) in [5, 5.41) is 16.4. The summed E-state index contributed by atoms with van der Waals surface area (Å²) in [7, 11) is 0. The lowest BCUT2D eigenvalue weighted by atomic mass is 9.72. The molecule has 1 aliphatic rings. The van der Waals surface area contributed by atoms with Crippen molar-refractivity contribution < 1.29 is 9.84 Å². The second-order valence-corrected chi connectivity index (χ2v) is 8.26. The highest BCUT2D eigenvalue weighted by Crippen LogP contribution is 2.38. The molecule has 1 saturated carbocycles. The maximum atomic E-state index is 9.51. The smallest absolute Gasteiger partial charge is 0.191 e. The topological polar surface area (TPSA) is 65.9 Å². The minimum Gasteiger partial charge on any atom is -0.396 e. The fourth-order valence-corrected chi connectivity index (χ4v) is 3.84. The zero-order chi connectivity index (χ0) is 20.2. The highest BCUT2D eigenvalue weighted by atomic mass is 16.5. The normalized spacial score (nSPS) is 17.0. The number of ether oxygens (including phenoxy) is 1. The van der Waals surface area contributed by atoms with Crippen LogP contribution < -0.4 is 10.6 Å². The molecule has 1 aromatic carbocycles. The van der Waals surface area contributed by atoms with E-state index in [-0.39, 0.29) is 18.1 Å². The van der Waals surface area contributed by atoms with Crippen LogP contribution in [-0.4, -0.2) is 36.9 Å². The fraction of sp³-hybridized carbons (Fsp3) is 0.696. The lowest BCUT2D eigenvalue weighted by Crippen LogP contribution is -2.44. The molecule has 0 spiro atoms. The molecule has 28 heavy (non-hydrogen) atoms. The van der Waals surface area contributed by atoms with Gasteiger partial charge in [-0.3, -0.25) is 0 Å². The first kappa shape index (κ1) is 22.7. The SMILES string of the molecule is CCNC(=NCc1ccc(COC(C)C)cc1)NCC1(CCO)CCCCC1. The molecule has 0 unspecified atom stereocenters. The quantitative estimate of drug-likeness (QED) is 0.418. The molecule has 0 saturated heterocycles. The van der Waals surface area contributed by atoms with Crippen molar-refractivity contribution in [1.29, 1.82) is 0 Å². The Morgan fingerprint density at radius 1 is 1.11 bits per heavy atom. The molecule has 0 bridgehead atoms. The maximum Gasteiger partial charge on any atom is 0.191 e. The highest BCUT2D eigenvalue weighted by molar-refractivity contribution is 5.79. The molecular weight excluding hydrogens is 350 g/mol. The van der Waals surface area contributed by atoms with Gasteiger partial charge in [-0.25, -0.2) is 4.99 Å². The van der Waals surface area contributed by atoms with Crippen LogP contribution >= 0.6 is 0 Å². The summed E-state index contributed by atoms with van der Waals surface area (Å²) < 4.78 is 5.65. The van der Waals surface area contributed by atoms with Crippen molar-refractivity contribution in [2.24, 2.45) is 10.4 Å². The first-order valence-electron chi connectivity index (χ1n) is 10.9. The Hall–Kier alpha value is -1.59. The molecule has 5 heteroatoms. The van der Waals surface area contributed by atoms with E-state index in [0.29, 0.717) is 13.2 Å². The molecule has 1 aromatic rings. The van der Waals surface area contributed by atoms with Crippen LogP contribution in [0, 0.1) is 5.41 Å². The van der Waals surface area contributed by atoms with Gasteiger partial charge in [0, 0.05) is 19.7 Å². The first-order chi connectivity index (χ1) is 13.6. The van der Waals surface area contributed by atoms with Crippen LogP contribution in [0.3, 0.4) is 0 Å². The minimum atomic E-state index is 0.210. The Kier molecular flexibility index (Phi) is 9.79. The predicted molar refractivity (Wildman–Crippen MR) is 116 cm³/mol. The summed E-state index contributed by atoms with van der Waals surface area (Å²) in [6, 6.07) is 8.48. The standard InChI is InChI=1S/C23H39N3O2/c1-4-24-22(26-18-23(14-15-27)12-6-5-7-13-23)25-16-20-8-10-21(11-9-20)17-28-19(2)3/h8-11,19,27H,4-7,12-18H2,1-3H3,(H2,24,25,26). The van der Waals surface area contributed by atoms with Crippen molar-refractivity contribution in [2.45, 2.75) is 78.6 Å². The van der Waals surface area contributed by atoms with E-state index in [1.165, 1.54) is 43.2 Å². The van der Waals surface area contributed by atoms with Crippen LogP contribution in [0.1, 0.15) is 70.4 Å². The molecule has 3 N–H and O–H groups in total. The van der Waals surface area contributed by atoms with Crippen LogP contribution in [0.4, 0.5) is 0 Å². The number of guanidine groups is 1. The Balaban J connectivity index is 1.92. The van der Waals surface area contributed by atoms with Crippen molar-refractivity contribution in [3.8, 4) is 0 Å². The van der Waals surface area contributed by atoms with E-state index < -0.39 is 0 Å². The van der Waals surface area contributed by atoms with Crippen LogP contribution in [-0.2, 0) is 17.9 Å². The molecule has 1 fully saturated rings. The lowest BCUT2D eigenvalue weighted by molar-refractivity contribution is 0.0657. The summed E-state index contributed by atoms with van der Waals surface area (Å²) in [6.45, 7) is 9.47. The zero-order valence-corrected chi connectivity index (χ0v) is 18.0. The average molecular weight is 390 g/mol. The second kappa shape index (κ2) is 12.1. The van der Waals surface area contributed by atoms with Crippen LogP contribution in [0.2, 0.25) is 0 Å². The minimum absolute atomic E-state index is 0.210. The zero-order valence-electron chi connectivity index (χ0n) is 18.0. The van der Waals surface area contributed by atoms with Gasteiger partial charge in [0.25, 0.3) is 0 Å². The Morgan fingerprint density at radius 3 is 2.39 bits per heavy atom. The van der Waals surface area contributed by atoms with Crippen molar-refractivity contribution >= 4 is 5.96 Å².